The fraction of sp³-hybridized carbons (Fsp3) is 0.190. The van der Waals surface area contributed by atoms with Gasteiger partial charge < -0.3 is 4.57 Å². The van der Waals surface area contributed by atoms with Crippen LogP contribution >= 0.6 is 0 Å². The first-order valence-electron chi connectivity index (χ1n) is 8.68. The Morgan fingerprint density at radius 3 is 2.68 bits per heavy atom. The average molecular weight is 326 g/mol. The van der Waals surface area contributed by atoms with Crippen molar-refractivity contribution in [1.29, 1.82) is 0 Å². The second-order valence-electron chi connectivity index (χ2n) is 6.56. The Hall–Kier alpha value is -3.01. The molecule has 0 saturated carbocycles. The Morgan fingerprint density at radius 2 is 1.80 bits per heavy atom. The lowest BCUT2D eigenvalue weighted by Crippen LogP contribution is -1.97. The third kappa shape index (κ3) is 2.25. The summed E-state index contributed by atoms with van der Waals surface area (Å²) in [6.45, 7) is 3.18. The molecule has 25 heavy (non-hydrogen) atoms. The number of aromatic nitrogens is 4. The van der Waals surface area contributed by atoms with E-state index in [0.29, 0.717) is 0 Å². The molecule has 4 heteroatoms. The SMILES string of the molecule is Cc1ccccc1-c1nc2n(c1-c1ccc3nccnc3c1)CCC2. The number of aryl methyl sites for hydroxylation is 2. The quantitative estimate of drug-likeness (QED) is 0.548. The highest BCUT2D eigenvalue weighted by molar-refractivity contribution is 5.86. The monoisotopic (exact) mass is 326 g/mol. The summed E-state index contributed by atoms with van der Waals surface area (Å²) in [7, 11) is 0. The Labute approximate surface area is 146 Å². The van der Waals surface area contributed by atoms with Gasteiger partial charge in [0.05, 0.1) is 22.4 Å². The fourth-order valence-corrected chi connectivity index (χ4v) is 3.76. The molecule has 2 aromatic carbocycles. The summed E-state index contributed by atoms with van der Waals surface area (Å²) in [6, 6.07) is 14.8. The molecule has 0 aliphatic carbocycles. The van der Waals surface area contributed by atoms with Crippen molar-refractivity contribution in [2.45, 2.75) is 26.3 Å². The Kier molecular flexibility index (Phi) is 3.17. The molecule has 3 heterocycles. The van der Waals surface area contributed by atoms with Crippen LogP contribution < -0.4 is 0 Å². The minimum absolute atomic E-state index is 0.921. The molecule has 0 N–H and O–H groups in total. The van der Waals surface area contributed by atoms with E-state index < -0.39 is 0 Å². The van der Waals surface area contributed by atoms with E-state index in [0.717, 1.165) is 41.7 Å². The van der Waals surface area contributed by atoms with Crippen LogP contribution in [-0.2, 0) is 13.0 Å². The van der Waals surface area contributed by atoms with Gasteiger partial charge in [-0.25, -0.2) is 4.98 Å². The third-order valence-corrected chi connectivity index (χ3v) is 4.97. The van der Waals surface area contributed by atoms with E-state index in [2.05, 4.69) is 57.9 Å². The van der Waals surface area contributed by atoms with Crippen molar-refractivity contribution in [2.75, 3.05) is 0 Å². The van der Waals surface area contributed by atoms with E-state index in [1.54, 1.807) is 12.4 Å². The standard InChI is InChI=1S/C21H18N4/c1-14-5-2-3-6-16(14)20-21(25-12-4-7-19(25)24-20)15-8-9-17-18(13-15)23-11-10-22-17/h2-3,5-6,8-11,13H,4,7,12H2,1H3. The molecule has 0 spiro atoms. The number of fused-ring (bicyclic) bond motifs is 2. The highest BCUT2D eigenvalue weighted by atomic mass is 15.1. The van der Waals surface area contributed by atoms with Gasteiger partial charge in [-0.2, -0.15) is 0 Å². The van der Waals surface area contributed by atoms with E-state index in [4.69, 9.17) is 4.98 Å². The van der Waals surface area contributed by atoms with Gasteiger partial charge in [-0.15, -0.1) is 0 Å². The maximum Gasteiger partial charge on any atom is 0.109 e. The van der Waals surface area contributed by atoms with Gasteiger partial charge in [-0.1, -0.05) is 30.3 Å². The maximum absolute atomic E-state index is 5.01. The summed E-state index contributed by atoms with van der Waals surface area (Å²) < 4.78 is 2.37. The minimum Gasteiger partial charge on any atom is -0.327 e. The van der Waals surface area contributed by atoms with Crippen LogP contribution in [0.3, 0.4) is 0 Å². The van der Waals surface area contributed by atoms with Gasteiger partial charge in [0.2, 0.25) is 0 Å². The second-order valence-corrected chi connectivity index (χ2v) is 6.56. The zero-order valence-electron chi connectivity index (χ0n) is 14.1. The predicted molar refractivity (Wildman–Crippen MR) is 99.3 cm³/mol. The Balaban J connectivity index is 1.78. The number of benzene rings is 2. The third-order valence-electron chi connectivity index (χ3n) is 4.97. The Bertz CT molecular complexity index is 1090. The van der Waals surface area contributed by atoms with Crippen LogP contribution in [0.25, 0.3) is 33.5 Å². The highest BCUT2D eigenvalue weighted by Gasteiger charge is 2.24. The molecule has 0 saturated heterocycles. The largest absolute Gasteiger partial charge is 0.327 e. The van der Waals surface area contributed by atoms with Crippen LogP contribution in [0.1, 0.15) is 17.8 Å². The van der Waals surface area contributed by atoms with E-state index in [9.17, 15) is 0 Å². The first kappa shape index (κ1) is 14.3. The molecular formula is C21H18N4. The lowest BCUT2D eigenvalue weighted by Gasteiger charge is -2.11. The van der Waals surface area contributed by atoms with Gasteiger partial charge in [0.25, 0.3) is 0 Å². The van der Waals surface area contributed by atoms with Crippen molar-refractivity contribution in [2.24, 2.45) is 0 Å². The normalized spacial score (nSPS) is 13.3. The van der Waals surface area contributed by atoms with E-state index in [1.165, 1.54) is 22.6 Å². The summed E-state index contributed by atoms with van der Waals surface area (Å²) >= 11 is 0. The minimum atomic E-state index is 0.921. The van der Waals surface area contributed by atoms with Crippen molar-refractivity contribution in [3.8, 4) is 22.5 Å². The van der Waals surface area contributed by atoms with Crippen LogP contribution in [0.5, 0.6) is 0 Å². The molecule has 2 aromatic heterocycles. The van der Waals surface area contributed by atoms with Crippen LogP contribution in [-0.4, -0.2) is 19.5 Å². The predicted octanol–water partition coefficient (Wildman–Crippen LogP) is 4.41. The molecule has 0 amide bonds. The molecule has 122 valence electrons. The van der Waals surface area contributed by atoms with Gasteiger partial charge in [0.1, 0.15) is 5.82 Å². The van der Waals surface area contributed by atoms with Gasteiger partial charge >= 0.3 is 0 Å². The topological polar surface area (TPSA) is 43.6 Å². The zero-order chi connectivity index (χ0) is 16.8. The highest BCUT2D eigenvalue weighted by Crippen LogP contribution is 2.37. The number of imidazole rings is 1. The van der Waals surface area contributed by atoms with Crippen LogP contribution in [0.2, 0.25) is 0 Å². The molecule has 1 aliphatic rings. The van der Waals surface area contributed by atoms with Gasteiger partial charge in [-0.05, 0) is 31.0 Å². The molecule has 0 bridgehead atoms. The van der Waals surface area contributed by atoms with Crippen molar-refractivity contribution >= 4 is 11.0 Å². The molecular weight excluding hydrogens is 308 g/mol. The fourth-order valence-electron chi connectivity index (χ4n) is 3.76. The molecule has 5 rings (SSSR count). The van der Waals surface area contributed by atoms with Crippen molar-refractivity contribution in [1.82, 2.24) is 19.5 Å². The van der Waals surface area contributed by atoms with Gasteiger partial charge in [0, 0.05) is 36.5 Å². The molecule has 0 radical (unpaired) electrons. The molecule has 4 aromatic rings. The van der Waals surface area contributed by atoms with Crippen LogP contribution in [0.15, 0.2) is 54.9 Å². The molecule has 0 unspecified atom stereocenters. The van der Waals surface area contributed by atoms with Crippen molar-refractivity contribution < 1.29 is 0 Å². The number of rotatable bonds is 2. The maximum atomic E-state index is 5.01. The first-order valence-corrected chi connectivity index (χ1v) is 8.68. The average Bonchev–Trinajstić information content (AvgIpc) is 3.22. The Morgan fingerprint density at radius 1 is 0.960 bits per heavy atom. The van der Waals surface area contributed by atoms with Crippen molar-refractivity contribution in [3.05, 3.63) is 66.2 Å². The van der Waals surface area contributed by atoms with E-state index in [-0.39, 0.29) is 0 Å². The summed E-state index contributed by atoms with van der Waals surface area (Å²) in [4.78, 5) is 13.9. The lowest BCUT2D eigenvalue weighted by molar-refractivity contribution is 0.756. The van der Waals surface area contributed by atoms with Gasteiger partial charge in [-0.3, -0.25) is 9.97 Å². The molecule has 0 fully saturated rings. The number of nitrogens with zero attached hydrogens (tertiary/aromatic N) is 4. The summed E-state index contributed by atoms with van der Waals surface area (Å²) in [6.07, 6.45) is 5.69. The summed E-state index contributed by atoms with van der Waals surface area (Å²) in [5.41, 5.74) is 7.74. The van der Waals surface area contributed by atoms with Crippen LogP contribution in [0.4, 0.5) is 0 Å². The van der Waals surface area contributed by atoms with Crippen LogP contribution in [0, 0.1) is 6.92 Å². The zero-order valence-corrected chi connectivity index (χ0v) is 14.1. The smallest absolute Gasteiger partial charge is 0.109 e. The molecule has 4 nitrogen and oxygen atoms in total. The second kappa shape index (κ2) is 5.52. The number of hydrogen-bond donors (Lipinski definition) is 0. The molecule has 1 aliphatic heterocycles. The van der Waals surface area contributed by atoms with Gasteiger partial charge in [0.15, 0.2) is 0 Å². The van der Waals surface area contributed by atoms with E-state index >= 15 is 0 Å². The summed E-state index contributed by atoms with van der Waals surface area (Å²) in [5.74, 6) is 1.19. The lowest BCUT2D eigenvalue weighted by atomic mass is 10.0. The van der Waals surface area contributed by atoms with E-state index in [1.807, 2.05) is 6.07 Å². The molecule has 0 atom stereocenters. The first-order chi connectivity index (χ1) is 12.3. The van der Waals surface area contributed by atoms with Crippen molar-refractivity contribution in [3.63, 3.8) is 0 Å². The number of hydrogen-bond acceptors (Lipinski definition) is 3. The summed E-state index contributed by atoms with van der Waals surface area (Å²) in [5, 5.41) is 0.